The molecule has 3 rings (SSSR count). The number of hydrogen-bond acceptors (Lipinski definition) is 3. The van der Waals surface area contributed by atoms with Crippen LogP contribution < -0.4 is 5.32 Å². The van der Waals surface area contributed by atoms with E-state index in [9.17, 15) is 9.59 Å². The molecule has 2 amide bonds. The topological polar surface area (TPSA) is 78.1 Å². The highest BCUT2D eigenvalue weighted by molar-refractivity contribution is 5.96. The maximum atomic E-state index is 12.4. The number of rotatable bonds is 6. The second kappa shape index (κ2) is 9.42. The fourth-order valence-electron chi connectivity index (χ4n) is 3.79. The van der Waals surface area contributed by atoms with Crippen LogP contribution in [0.2, 0.25) is 0 Å². The molecule has 2 heterocycles. The molecule has 0 spiro atoms. The van der Waals surface area contributed by atoms with Gasteiger partial charge in [-0.05, 0) is 25.0 Å². The van der Waals surface area contributed by atoms with Gasteiger partial charge in [-0.15, -0.1) is 0 Å². The molecule has 29 heavy (non-hydrogen) atoms. The average Bonchev–Trinajstić information content (AvgIpc) is 3.08. The number of likely N-dealkylation sites (tertiary alicyclic amines) is 1. The summed E-state index contributed by atoms with van der Waals surface area (Å²) < 4.78 is 2.05. The molecule has 0 atom stereocenters. The summed E-state index contributed by atoms with van der Waals surface area (Å²) in [4.78, 5) is 26.4. The molecule has 2 aromatic rings. The fourth-order valence-corrected chi connectivity index (χ4v) is 3.79. The predicted octanol–water partition coefficient (Wildman–Crippen LogP) is 3.33. The first kappa shape index (κ1) is 20.7. The summed E-state index contributed by atoms with van der Waals surface area (Å²) in [6.07, 6.45) is 7.40. The molecule has 0 saturated carbocycles. The smallest absolute Gasteiger partial charge is 0.244 e. The van der Waals surface area contributed by atoms with Crippen LogP contribution in [0.15, 0.2) is 36.5 Å². The Hall–Kier alpha value is -3.07. The van der Waals surface area contributed by atoms with Gasteiger partial charge in [0, 0.05) is 60.3 Å². The zero-order chi connectivity index (χ0) is 20.8. The molecule has 0 aliphatic carbocycles. The summed E-state index contributed by atoms with van der Waals surface area (Å²) in [5.41, 5.74) is 2.02. The SMILES string of the molecule is CC(C)C(=O)N1CCC(NC(=O)/C=C/c2cn(CCC#N)c3ccccc23)CC1. The van der Waals surface area contributed by atoms with Crippen LogP contribution in [-0.4, -0.2) is 40.4 Å². The summed E-state index contributed by atoms with van der Waals surface area (Å²) in [5.74, 6) is 0.0781. The van der Waals surface area contributed by atoms with Gasteiger partial charge in [0.2, 0.25) is 11.8 Å². The Balaban J connectivity index is 1.60. The molecule has 1 saturated heterocycles. The van der Waals surface area contributed by atoms with Crippen molar-refractivity contribution in [3.8, 4) is 6.07 Å². The summed E-state index contributed by atoms with van der Waals surface area (Å²) in [6.45, 7) is 5.84. The average molecular weight is 393 g/mol. The zero-order valence-electron chi connectivity index (χ0n) is 17.1. The van der Waals surface area contributed by atoms with Gasteiger partial charge in [0.1, 0.15) is 0 Å². The number of fused-ring (bicyclic) bond motifs is 1. The van der Waals surface area contributed by atoms with Crippen molar-refractivity contribution >= 4 is 28.8 Å². The number of benzene rings is 1. The lowest BCUT2D eigenvalue weighted by Gasteiger charge is -2.33. The van der Waals surface area contributed by atoms with E-state index in [1.165, 1.54) is 0 Å². The van der Waals surface area contributed by atoms with Crippen LogP contribution in [0.1, 0.15) is 38.7 Å². The van der Waals surface area contributed by atoms with Crippen molar-refractivity contribution in [1.82, 2.24) is 14.8 Å². The van der Waals surface area contributed by atoms with Crippen LogP contribution in [-0.2, 0) is 16.1 Å². The van der Waals surface area contributed by atoms with E-state index in [1.807, 2.05) is 55.3 Å². The van der Waals surface area contributed by atoms with Gasteiger partial charge in [0.25, 0.3) is 0 Å². The molecule has 1 aliphatic rings. The van der Waals surface area contributed by atoms with Gasteiger partial charge in [-0.2, -0.15) is 5.26 Å². The maximum Gasteiger partial charge on any atom is 0.244 e. The lowest BCUT2D eigenvalue weighted by atomic mass is 10.0. The molecule has 1 aliphatic heterocycles. The van der Waals surface area contributed by atoms with Crippen LogP contribution in [0.3, 0.4) is 0 Å². The van der Waals surface area contributed by atoms with Crippen LogP contribution in [0.5, 0.6) is 0 Å². The number of nitrogens with zero attached hydrogens (tertiary/aromatic N) is 3. The number of carbonyl (C=O) groups excluding carboxylic acids is 2. The van der Waals surface area contributed by atoms with Crippen LogP contribution >= 0.6 is 0 Å². The molecule has 0 bridgehead atoms. The normalized spacial score (nSPS) is 15.2. The van der Waals surface area contributed by atoms with Crippen molar-refractivity contribution in [2.45, 2.75) is 45.7 Å². The van der Waals surface area contributed by atoms with E-state index >= 15 is 0 Å². The molecule has 0 radical (unpaired) electrons. The number of nitrogens with one attached hydrogen (secondary N) is 1. The Bertz CT molecular complexity index is 943. The summed E-state index contributed by atoms with van der Waals surface area (Å²) in [6, 6.07) is 10.3. The molecule has 6 heteroatoms. The summed E-state index contributed by atoms with van der Waals surface area (Å²) in [5, 5.41) is 13.0. The van der Waals surface area contributed by atoms with E-state index in [-0.39, 0.29) is 23.8 Å². The first-order valence-corrected chi connectivity index (χ1v) is 10.2. The Morgan fingerprint density at radius 3 is 2.69 bits per heavy atom. The van der Waals surface area contributed by atoms with Gasteiger partial charge in [0.05, 0.1) is 12.5 Å². The molecular weight excluding hydrogens is 364 g/mol. The fraction of sp³-hybridized carbons (Fsp3) is 0.435. The lowest BCUT2D eigenvalue weighted by Crippen LogP contribution is -2.47. The van der Waals surface area contributed by atoms with Crippen molar-refractivity contribution in [2.24, 2.45) is 5.92 Å². The minimum Gasteiger partial charge on any atom is -0.350 e. The van der Waals surface area contributed by atoms with Crippen molar-refractivity contribution in [1.29, 1.82) is 5.26 Å². The van der Waals surface area contributed by atoms with Gasteiger partial charge in [-0.3, -0.25) is 9.59 Å². The molecule has 6 nitrogen and oxygen atoms in total. The predicted molar refractivity (Wildman–Crippen MR) is 114 cm³/mol. The minimum absolute atomic E-state index is 0.0133. The number of nitriles is 1. The number of aryl methyl sites for hydroxylation is 1. The van der Waals surface area contributed by atoms with Gasteiger partial charge in [0.15, 0.2) is 0 Å². The molecule has 1 N–H and O–H groups in total. The quantitative estimate of drug-likeness (QED) is 0.766. The number of aromatic nitrogens is 1. The van der Waals surface area contributed by atoms with Crippen LogP contribution in [0.4, 0.5) is 0 Å². The molecular formula is C23H28N4O2. The number of amides is 2. The molecule has 1 aromatic heterocycles. The molecule has 0 unspecified atom stereocenters. The second-order valence-electron chi connectivity index (χ2n) is 7.80. The summed E-state index contributed by atoms with van der Waals surface area (Å²) in [7, 11) is 0. The molecule has 152 valence electrons. The number of para-hydroxylation sites is 1. The van der Waals surface area contributed by atoms with E-state index in [2.05, 4.69) is 16.0 Å². The number of carbonyl (C=O) groups is 2. The first-order chi connectivity index (χ1) is 14.0. The lowest BCUT2D eigenvalue weighted by molar-refractivity contribution is -0.135. The molecule has 1 aromatic carbocycles. The van der Waals surface area contributed by atoms with Gasteiger partial charge < -0.3 is 14.8 Å². The third-order valence-corrected chi connectivity index (χ3v) is 5.35. The Morgan fingerprint density at radius 2 is 2.00 bits per heavy atom. The Labute approximate surface area is 171 Å². The number of hydrogen-bond donors (Lipinski definition) is 1. The minimum atomic E-state index is -0.118. The van der Waals surface area contributed by atoms with Crippen molar-refractivity contribution < 1.29 is 9.59 Å². The van der Waals surface area contributed by atoms with E-state index in [1.54, 1.807) is 6.08 Å². The largest absolute Gasteiger partial charge is 0.350 e. The van der Waals surface area contributed by atoms with Crippen molar-refractivity contribution in [2.75, 3.05) is 13.1 Å². The van der Waals surface area contributed by atoms with Crippen LogP contribution in [0, 0.1) is 17.2 Å². The van der Waals surface area contributed by atoms with Crippen LogP contribution in [0.25, 0.3) is 17.0 Å². The van der Waals surface area contributed by atoms with Gasteiger partial charge in [-0.1, -0.05) is 32.0 Å². The van der Waals surface area contributed by atoms with Gasteiger partial charge >= 0.3 is 0 Å². The highest BCUT2D eigenvalue weighted by atomic mass is 16.2. The monoisotopic (exact) mass is 392 g/mol. The Morgan fingerprint density at radius 1 is 1.28 bits per heavy atom. The highest BCUT2D eigenvalue weighted by Gasteiger charge is 2.24. The first-order valence-electron chi connectivity index (χ1n) is 10.2. The Kier molecular flexibility index (Phi) is 6.71. The van der Waals surface area contributed by atoms with E-state index in [0.29, 0.717) is 26.1 Å². The standard InChI is InChI=1S/C23H28N4O2/c1-17(2)23(29)26-14-10-19(11-15-26)25-22(28)9-8-18-16-27(13-5-12-24)21-7-4-3-6-20(18)21/h3-4,6-9,16-17,19H,5,10-11,13-15H2,1-2H3,(H,25,28)/b9-8+. The van der Waals surface area contributed by atoms with E-state index in [0.717, 1.165) is 29.3 Å². The van der Waals surface area contributed by atoms with E-state index < -0.39 is 0 Å². The third-order valence-electron chi connectivity index (χ3n) is 5.35. The molecule has 1 fully saturated rings. The third kappa shape index (κ3) is 5.05. The maximum absolute atomic E-state index is 12.4. The highest BCUT2D eigenvalue weighted by Crippen LogP contribution is 2.23. The van der Waals surface area contributed by atoms with E-state index in [4.69, 9.17) is 5.26 Å². The van der Waals surface area contributed by atoms with Crippen molar-refractivity contribution in [3.05, 3.63) is 42.1 Å². The van der Waals surface area contributed by atoms with Crippen molar-refractivity contribution in [3.63, 3.8) is 0 Å². The number of piperidine rings is 1. The summed E-state index contributed by atoms with van der Waals surface area (Å²) >= 11 is 0. The zero-order valence-corrected chi connectivity index (χ0v) is 17.1. The second-order valence-corrected chi connectivity index (χ2v) is 7.80. The van der Waals surface area contributed by atoms with Gasteiger partial charge in [-0.25, -0.2) is 0 Å².